The molecule has 0 aliphatic carbocycles. The molecular formula is C32H30N6. The van der Waals surface area contributed by atoms with E-state index in [1.54, 1.807) is 0 Å². The predicted molar refractivity (Wildman–Crippen MR) is 153 cm³/mol. The summed E-state index contributed by atoms with van der Waals surface area (Å²) in [4.78, 5) is 15.5. The summed E-state index contributed by atoms with van der Waals surface area (Å²) in [6.45, 7) is 4.21. The zero-order valence-corrected chi connectivity index (χ0v) is 21.3. The Kier molecular flexibility index (Phi) is 5.94. The number of rotatable bonds is 6. The topological polar surface area (TPSA) is 62.6 Å². The van der Waals surface area contributed by atoms with Crippen molar-refractivity contribution in [3.05, 3.63) is 103 Å². The highest BCUT2D eigenvalue weighted by atomic mass is 15.3. The lowest BCUT2D eigenvalue weighted by atomic mass is 10.0. The lowest BCUT2D eigenvalue weighted by Crippen LogP contribution is -2.28. The van der Waals surface area contributed by atoms with E-state index in [2.05, 4.69) is 81.8 Å². The smallest absolute Gasteiger partial charge is 0.138 e. The van der Waals surface area contributed by atoms with Crippen molar-refractivity contribution in [2.45, 2.75) is 32.4 Å². The molecule has 0 saturated carbocycles. The first kappa shape index (κ1) is 22.9. The van der Waals surface area contributed by atoms with Crippen LogP contribution in [-0.4, -0.2) is 42.7 Å². The number of benzene rings is 2. The molecule has 0 spiro atoms. The van der Waals surface area contributed by atoms with Gasteiger partial charge in [-0.25, -0.2) is 4.98 Å². The van der Waals surface area contributed by atoms with Crippen LogP contribution in [0, 0.1) is 0 Å². The monoisotopic (exact) mass is 498 g/mol. The average Bonchev–Trinajstić information content (AvgIpc) is 3.58. The lowest BCUT2D eigenvalue weighted by molar-refractivity contribution is 0.221. The molecule has 1 saturated heterocycles. The Morgan fingerprint density at radius 1 is 0.684 bits per heavy atom. The largest absolute Gasteiger partial charge is 0.338 e. The molecule has 7 rings (SSSR count). The number of aromatic amines is 1. The Morgan fingerprint density at radius 3 is 2.34 bits per heavy atom. The fourth-order valence-electron chi connectivity index (χ4n) is 5.52. The average molecular weight is 499 g/mol. The number of fused-ring (bicyclic) bond motifs is 3. The molecule has 0 atom stereocenters. The highest BCUT2D eigenvalue weighted by Crippen LogP contribution is 2.31. The van der Waals surface area contributed by atoms with E-state index in [-0.39, 0.29) is 0 Å². The molecule has 0 radical (unpaired) electrons. The van der Waals surface area contributed by atoms with Gasteiger partial charge in [0.2, 0.25) is 0 Å². The van der Waals surface area contributed by atoms with Gasteiger partial charge < -0.3 is 4.98 Å². The summed E-state index contributed by atoms with van der Waals surface area (Å²) in [6.07, 6.45) is 11.8. The van der Waals surface area contributed by atoms with E-state index in [4.69, 9.17) is 9.97 Å². The molecule has 1 aliphatic rings. The molecule has 4 aromatic heterocycles. The molecular weight excluding hydrogens is 468 g/mol. The summed E-state index contributed by atoms with van der Waals surface area (Å²) in [7, 11) is 0. The van der Waals surface area contributed by atoms with Crippen molar-refractivity contribution in [3.63, 3.8) is 0 Å². The van der Waals surface area contributed by atoms with Crippen LogP contribution in [-0.2, 0) is 13.1 Å². The number of nitrogens with zero attached hydrogens (tertiary/aromatic N) is 5. The van der Waals surface area contributed by atoms with Crippen LogP contribution >= 0.6 is 0 Å². The molecule has 6 nitrogen and oxygen atoms in total. The number of H-pyrrole nitrogens is 1. The van der Waals surface area contributed by atoms with E-state index in [1.807, 2.05) is 29.3 Å². The minimum atomic E-state index is 0.736. The maximum absolute atomic E-state index is 4.76. The van der Waals surface area contributed by atoms with Crippen molar-refractivity contribution in [3.8, 4) is 22.4 Å². The summed E-state index contributed by atoms with van der Waals surface area (Å²) in [6, 6.07) is 23.7. The third-order valence-corrected chi connectivity index (χ3v) is 7.59. The van der Waals surface area contributed by atoms with Gasteiger partial charge in [0.05, 0.1) is 30.1 Å². The van der Waals surface area contributed by atoms with Crippen molar-refractivity contribution in [2.75, 3.05) is 13.1 Å². The van der Waals surface area contributed by atoms with Crippen molar-refractivity contribution < 1.29 is 0 Å². The van der Waals surface area contributed by atoms with Crippen LogP contribution in [0.3, 0.4) is 0 Å². The van der Waals surface area contributed by atoms with E-state index in [0.29, 0.717) is 0 Å². The van der Waals surface area contributed by atoms with Gasteiger partial charge in [-0.15, -0.1) is 0 Å². The van der Waals surface area contributed by atoms with Crippen molar-refractivity contribution >= 4 is 21.9 Å². The van der Waals surface area contributed by atoms with Crippen LogP contribution in [0.25, 0.3) is 44.3 Å². The standard InChI is InChI=1S/C32H30N6/c1-3-7-23(8-4-1)21-38-22-27(18-35-38)30-16-28-29-15-26(17-34-32(29)36-31(28)19-33-30)25-11-9-24(10-12-25)20-37-13-5-2-6-14-37/h1,3-4,7-12,15-19,22H,2,5-6,13-14,20-21H2,(H,34,36). The van der Waals surface area contributed by atoms with Gasteiger partial charge in [0.1, 0.15) is 5.65 Å². The maximum atomic E-state index is 4.76. The maximum Gasteiger partial charge on any atom is 0.138 e. The van der Waals surface area contributed by atoms with Gasteiger partial charge in [0.15, 0.2) is 0 Å². The zero-order valence-electron chi connectivity index (χ0n) is 21.3. The molecule has 0 unspecified atom stereocenters. The van der Waals surface area contributed by atoms with E-state index in [1.165, 1.54) is 49.0 Å². The first-order valence-corrected chi connectivity index (χ1v) is 13.4. The molecule has 2 aromatic carbocycles. The molecule has 0 bridgehead atoms. The Hall–Kier alpha value is -4.29. The summed E-state index contributed by atoms with van der Waals surface area (Å²) in [5, 5.41) is 6.80. The van der Waals surface area contributed by atoms with Gasteiger partial charge in [-0.2, -0.15) is 5.10 Å². The van der Waals surface area contributed by atoms with Gasteiger partial charge in [-0.1, -0.05) is 61.0 Å². The summed E-state index contributed by atoms with van der Waals surface area (Å²) in [5.41, 5.74) is 8.69. The molecule has 188 valence electrons. The van der Waals surface area contributed by atoms with Crippen molar-refractivity contribution in [1.82, 2.24) is 29.6 Å². The first-order valence-electron chi connectivity index (χ1n) is 13.4. The van der Waals surface area contributed by atoms with E-state index in [9.17, 15) is 0 Å². The molecule has 38 heavy (non-hydrogen) atoms. The van der Waals surface area contributed by atoms with Gasteiger partial charge in [-0.3, -0.25) is 14.6 Å². The minimum absolute atomic E-state index is 0.736. The van der Waals surface area contributed by atoms with E-state index in [0.717, 1.165) is 51.8 Å². The molecule has 0 amide bonds. The predicted octanol–water partition coefficient (Wildman–Crippen LogP) is 6.68. The van der Waals surface area contributed by atoms with Crippen molar-refractivity contribution in [2.24, 2.45) is 0 Å². The fourth-order valence-corrected chi connectivity index (χ4v) is 5.52. The third-order valence-electron chi connectivity index (χ3n) is 7.59. The van der Waals surface area contributed by atoms with Gasteiger partial charge in [0, 0.05) is 40.8 Å². The molecule has 1 N–H and O–H groups in total. The third kappa shape index (κ3) is 4.59. The summed E-state index contributed by atoms with van der Waals surface area (Å²) >= 11 is 0. The second-order valence-corrected chi connectivity index (χ2v) is 10.3. The van der Waals surface area contributed by atoms with E-state index >= 15 is 0 Å². The molecule has 5 heterocycles. The zero-order chi connectivity index (χ0) is 25.3. The lowest BCUT2D eigenvalue weighted by Gasteiger charge is -2.26. The Bertz CT molecular complexity index is 1690. The summed E-state index contributed by atoms with van der Waals surface area (Å²) < 4.78 is 1.96. The Labute approximate surface area is 222 Å². The Morgan fingerprint density at radius 2 is 1.50 bits per heavy atom. The number of hydrogen-bond acceptors (Lipinski definition) is 4. The van der Waals surface area contributed by atoms with Gasteiger partial charge in [0.25, 0.3) is 0 Å². The number of hydrogen-bond donors (Lipinski definition) is 1. The number of pyridine rings is 2. The normalized spacial score (nSPS) is 14.4. The minimum Gasteiger partial charge on any atom is -0.338 e. The molecule has 1 fully saturated rings. The van der Waals surface area contributed by atoms with Crippen molar-refractivity contribution in [1.29, 1.82) is 0 Å². The number of nitrogens with one attached hydrogen (secondary N) is 1. The van der Waals surface area contributed by atoms with Gasteiger partial charge in [-0.05, 0) is 54.8 Å². The highest BCUT2D eigenvalue weighted by Gasteiger charge is 2.13. The van der Waals surface area contributed by atoms with Crippen LogP contribution in [0.2, 0.25) is 0 Å². The number of aromatic nitrogens is 5. The van der Waals surface area contributed by atoms with Crippen LogP contribution in [0.4, 0.5) is 0 Å². The molecule has 6 aromatic rings. The second-order valence-electron chi connectivity index (χ2n) is 10.3. The van der Waals surface area contributed by atoms with Crippen LogP contribution in [0.1, 0.15) is 30.4 Å². The van der Waals surface area contributed by atoms with Crippen LogP contribution in [0.5, 0.6) is 0 Å². The highest BCUT2D eigenvalue weighted by molar-refractivity contribution is 6.07. The fraction of sp³-hybridized carbons (Fsp3) is 0.219. The Balaban J connectivity index is 1.16. The second kappa shape index (κ2) is 9.88. The molecule has 6 heteroatoms. The SMILES string of the molecule is c1ccc(Cn2cc(-c3cc4c(cn3)[nH]c3ncc(-c5ccc(CN6CCCCC6)cc5)cc34)cn2)cc1. The molecule has 1 aliphatic heterocycles. The summed E-state index contributed by atoms with van der Waals surface area (Å²) in [5.74, 6) is 0. The first-order chi connectivity index (χ1) is 18.8. The number of likely N-dealkylation sites (tertiary alicyclic amines) is 1. The number of piperidine rings is 1. The van der Waals surface area contributed by atoms with Gasteiger partial charge >= 0.3 is 0 Å². The van der Waals surface area contributed by atoms with Crippen LogP contribution < -0.4 is 0 Å². The van der Waals surface area contributed by atoms with E-state index < -0.39 is 0 Å². The quantitative estimate of drug-likeness (QED) is 0.278. The van der Waals surface area contributed by atoms with Crippen LogP contribution in [0.15, 0.2) is 91.5 Å².